The molecule has 1 heterocycles. The van der Waals surface area contributed by atoms with Crippen LogP contribution in [0.25, 0.3) is 10.8 Å². The number of hydrogen-bond donors (Lipinski definition) is 2. The summed E-state index contributed by atoms with van der Waals surface area (Å²) in [5.74, 6) is -0.176. The van der Waals surface area contributed by atoms with Gasteiger partial charge < -0.3 is 5.32 Å². The van der Waals surface area contributed by atoms with Gasteiger partial charge in [0.15, 0.2) is 0 Å². The number of carbonyl (C=O) groups is 1. The Kier molecular flexibility index (Phi) is 5.25. The first-order valence-electron chi connectivity index (χ1n) is 10.3. The lowest BCUT2D eigenvalue weighted by Crippen LogP contribution is -2.27. The number of amides is 1. The van der Waals surface area contributed by atoms with Crippen molar-refractivity contribution in [2.75, 3.05) is 11.0 Å². The number of sulfonamides is 1. The Labute approximate surface area is 183 Å². The molecule has 0 aliphatic heterocycles. The summed E-state index contributed by atoms with van der Waals surface area (Å²) in [5.41, 5.74) is 4.10. The summed E-state index contributed by atoms with van der Waals surface area (Å²) in [5, 5.41) is 5.16. The summed E-state index contributed by atoms with van der Waals surface area (Å²) < 4.78 is 25.3. The maximum absolute atomic E-state index is 12.8. The fourth-order valence-electron chi connectivity index (χ4n) is 3.71. The second-order valence-corrected chi connectivity index (χ2v) is 10.6. The Morgan fingerprint density at radius 2 is 1.77 bits per heavy atom. The Hall–Kier alpha value is -2.93. The molecule has 2 N–H and O–H groups in total. The smallest absolute Gasteiger partial charge is 0.251 e. The molecule has 2 aromatic carbocycles. The van der Waals surface area contributed by atoms with Crippen LogP contribution in [0.2, 0.25) is 0 Å². The Morgan fingerprint density at radius 3 is 2.42 bits per heavy atom. The number of carbonyl (C=O) groups excluding carboxylic acids is 1. The molecule has 1 amide bonds. The number of hydrogen-bond acceptors (Lipinski definition) is 4. The molecule has 31 heavy (non-hydrogen) atoms. The number of benzene rings is 2. The van der Waals surface area contributed by atoms with Crippen LogP contribution >= 0.6 is 0 Å². The van der Waals surface area contributed by atoms with Crippen molar-refractivity contribution in [3.8, 4) is 0 Å². The largest absolute Gasteiger partial charge is 0.344 e. The zero-order valence-electron chi connectivity index (χ0n) is 18.2. The second kappa shape index (κ2) is 7.64. The van der Waals surface area contributed by atoms with Gasteiger partial charge in [0, 0.05) is 5.56 Å². The van der Waals surface area contributed by atoms with E-state index in [1.165, 1.54) is 24.6 Å². The molecule has 1 unspecified atom stereocenters. The molecule has 1 saturated carbocycles. The van der Waals surface area contributed by atoms with Gasteiger partial charge >= 0.3 is 0 Å². The van der Waals surface area contributed by atoms with Crippen LogP contribution in [0.4, 0.5) is 5.69 Å². The van der Waals surface area contributed by atoms with E-state index in [0.717, 1.165) is 22.6 Å². The van der Waals surface area contributed by atoms with Crippen molar-refractivity contribution in [1.29, 1.82) is 0 Å². The molecule has 1 fully saturated rings. The highest BCUT2D eigenvalue weighted by Gasteiger charge is 2.38. The lowest BCUT2D eigenvalue weighted by atomic mass is 9.95. The van der Waals surface area contributed by atoms with Gasteiger partial charge in [0.05, 0.1) is 29.9 Å². The van der Waals surface area contributed by atoms with Crippen LogP contribution in [-0.4, -0.2) is 25.6 Å². The van der Waals surface area contributed by atoms with Crippen molar-refractivity contribution in [2.45, 2.75) is 45.1 Å². The molecule has 1 aliphatic rings. The summed E-state index contributed by atoms with van der Waals surface area (Å²) in [6.45, 7) is 5.94. The third-order valence-electron chi connectivity index (χ3n) is 6.02. The number of rotatable bonds is 6. The number of aryl methyl sites for hydroxylation is 1. The minimum atomic E-state index is -3.37. The SMILES string of the molecule is Cc1cc(C(C)NC(=O)c2ccc3cc(C4(C)CC4)ccc3c2)ncc1NS(C)(=O)=O. The lowest BCUT2D eigenvalue weighted by Gasteiger charge is -2.16. The zero-order chi connectivity index (χ0) is 22.4. The number of aromatic nitrogens is 1. The van der Waals surface area contributed by atoms with Crippen molar-refractivity contribution < 1.29 is 13.2 Å². The fraction of sp³-hybridized carbons (Fsp3) is 0.333. The predicted octanol–water partition coefficient (Wildman–Crippen LogP) is 4.46. The van der Waals surface area contributed by atoms with Crippen LogP contribution in [0.1, 0.15) is 59.9 Å². The number of fused-ring (bicyclic) bond motifs is 1. The van der Waals surface area contributed by atoms with Gasteiger partial charge in [-0.2, -0.15) is 0 Å². The highest BCUT2D eigenvalue weighted by atomic mass is 32.2. The number of nitrogens with zero attached hydrogens (tertiary/aromatic N) is 1. The molecule has 7 heteroatoms. The van der Waals surface area contributed by atoms with Gasteiger partial charge in [0.1, 0.15) is 0 Å². The van der Waals surface area contributed by atoms with E-state index in [9.17, 15) is 13.2 Å². The highest BCUT2D eigenvalue weighted by molar-refractivity contribution is 7.92. The zero-order valence-corrected chi connectivity index (χ0v) is 19.0. The van der Waals surface area contributed by atoms with Crippen LogP contribution in [-0.2, 0) is 15.4 Å². The number of pyridine rings is 1. The first kappa shape index (κ1) is 21.3. The van der Waals surface area contributed by atoms with Gasteiger partial charge in [-0.3, -0.25) is 14.5 Å². The average molecular weight is 438 g/mol. The molecule has 162 valence electrons. The standard InChI is InChI=1S/C24H27N3O3S/c1-15-11-21(25-14-22(15)27-31(4,29)30)16(2)26-23(28)19-6-5-18-13-20(24(3)9-10-24)8-7-17(18)12-19/h5-8,11-14,16,27H,9-10H2,1-4H3,(H,26,28). The monoisotopic (exact) mass is 437 g/mol. The summed E-state index contributed by atoms with van der Waals surface area (Å²) in [6, 6.07) is 13.7. The quantitative estimate of drug-likeness (QED) is 0.596. The van der Waals surface area contributed by atoms with Crippen molar-refractivity contribution in [3.05, 3.63) is 71.0 Å². The maximum atomic E-state index is 12.8. The van der Waals surface area contributed by atoms with E-state index in [1.54, 1.807) is 13.0 Å². The van der Waals surface area contributed by atoms with Crippen LogP contribution < -0.4 is 10.0 Å². The normalized spacial score (nSPS) is 16.0. The minimum absolute atomic E-state index is 0.176. The molecular weight excluding hydrogens is 410 g/mol. The summed E-state index contributed by atoms with van der Waals surface area (Å²) >= 11 is 0. The Morgan fingerprint density at radius 1 is 1.10 bits per heavy atom. The fourth-order valence-corrected chi connectivity index (χ4v) is 4.33. The molecule has 0 saturated heterocycles. The van der Waals surface area contributed by atoms with Crippen LogP contribution in [0.3, 0.4) is 0 Å². The topological polar surface area (TPSA) is 88.2 Å². The molecule has 4 rings (SSSR count). The predicted molar refractivity (Wildman–Crippen MR) is 124 cm³/mol. The number of anilines is 1. The molecule has 1 aliphatic carbocycles. The molecule has 0 spiro atoms. The Bertz CT molecular complexity index is 1280. The van der Waals surface area contributed by atoms with E-state index in [1.807, 2.05) is 25.1 Å². The van der Waals surface area contributed by atoms with Crippen LogP contribution in [0.5, 0.6) is 0 Å². The molecular formula is C24H27N3O3S. The molecule has 0 radical (unpaired) electrons. The highest BCUT2D eigenvalue weighted by Crippen LogP contribution is 2.48. The third kappa shape index (κ3) is 4.71. The van der Waals surface area contributed by atoms with E-state index in [0.29, 0.717) is 22.4 Å². The van der Waals surface area contributed by atoms with E-state index < -0.39 is 10.0 Å². The Balaban J connectivity index is 1.49. The van der Waals surface area contributed by atoms with E-state index >= 15 is 0 Å². The van der Waals surface area contributed by atoms with Gasteiger partial charge in [0.25, 0.3) is 5.91 Å². The van der Waals surface area contributed by atoms with Crippen molar-refractivity contribution in [3.63, 3.8) is 0 Å². The minimum Gasteiger partial charge on any atom is -0.344 e. The van der Waals surface area contributed by atoms with Gasteiger partial charge in [0.2, 0.25) is 10.0 Å². The van der Waals surface area contributed by atoms with Crippen molar-refractivity contribution in [2.24, 2.45) is 0 Å². The molecule has 6 nitrogen and oxygen atoms in total. The van der Waals surface area contributed by atoms with Gasteiger partial charge in [-0.25, -0.2) is 8.42 Å². The van der Waals surface area contributed by atoms with Gasteiger partial charge in [-0.05, 0) is 72.2 Å². The molecule has 0 bridgehead atoms. The second-order valence-electron chi connectivity index (χ2n) is 8.83. The third-order valence-corrected chi connectivity index (χ3v) is 6.61. The molecule has 1 atom stereocenters. The van der Waals surface area contributed by atoms with Crippen molar-refractivity contribution in [1.82, 2.24) is 10.3 Å². The number of nitrogens with one attached hydrogen (secondary N) is 2. The molecule has 3 aromatic rings. The van der Waals surface area contributed by atoms with Crippen LogP contribution in [0, 0.1) is 6.92 Å². The maximum Gasteiger partial charge on any atom is 0.251 e. The van der Waals surface area contributed by atoms with E-state index in [4.69, 9.17) is 0 Å². The van der Waals surface area contributed by atoms with Crippen molar-refractivity contribution >= 4 is 32.4 Å². The summed E-state index contributed by atoms with van der Waals surface area (Å²) in [7, 11) is -3.37. The average Bonchev–Trinajstić information content (AvgIpc) is 3.46. The lowest BCUT2D eigenvalue weighted by molar-refractivity contribution is 0.0939. The van der Waals surface area contributed by atoms with Gasteiger partial charge in [-0.1, -0.05) is 31.2 Å². The van der Waals surface area contributed by atoms with Crippen LogP contribution in [0.15, 0.2) is 48.7 Å². The summed E-state index contributed by atoms with van der Waals surface area (Å²) in [4.78, 5) is 17.1. The summed E-state index contributed by atoms with van der Waals surface area (Å²) in [6.07, 6.45) is 5.04. The first-order chi connectivity index (χ1) is 14.5. The first-order valence-corrected chi connectivity index (χ1v) is 12.2. The van der Waals surface area contributed by atoms with Gasteiger partial charge in [-0.15, -0.1) is 0 Å². The molecule has 1 aromatic heterocycles. The van der Waals surface area contributed by atoms with E-state index in [2.05, 4.69) is 40.1 Å². The van der Waals surface area contributed by atoms with E-state index in [-0.39, 0.29) is 11.9 Å².